The first-order valence-corrected chi connectivity index (χ1v) is 9.45. The van der Waals surface area contributed by atoms with Crippen molar-refractivity contribution in [2.24, 2.45) is 0 Å². The number of H-pyrrole nitrogens is 1. The first kappa shape index (κ1) is 18.3. The summed E-state index contributed by atoms with van der Waals surface area (Å²) in [7, 11) is 0. The second kappa shape index (κ2) is 7.41. The highest BCUT2D eigenvalue weighted by atomic mass is 32.1. The minimum absolute atomic E-state index is 0.0873. The summed E-state index contributed by atoms with van der Waals surface area (Å²) in [6.45, 7) is 3.34. The van der Waals surface area contributed by atoms with E-state index >= 15 is 0 Å². The van der Waals surface area contributed by atoms with Gasteiger partial charge in [-0.15, -0.1) is 11.3 Å². The fourth-order valence-electron chi connectivity index (χ4n) is 3.16. The number of hydrogen-bond donors (Lipinski definition) is 3. The number of carbonyl (C=O) groups excluding carboxylic acids is 1. The lowest BCUT2D eigenvalue weighted by Crippen LogP contribution is -2.32. The summed E-state index contributed by atoms with van der Waals surface area (Å²) in [6, 6.07) is 1.20. The van der Waals surface area contributed by atoms with Crippen LogP contribution in [-0.4, -0.2) is 27.0 Å². The van der Waals surface area contributed by atoms with E-state index in [1.807, 2.05) is 0 Å². The van der Waals surface area contributed by atoms with Gasteiger partial charge in [-0.1, -0.05) is 6.42 Å². The average Bonchev–Trinajstić information content (AvgIpc) is 2.83. The molecule has 3 N–H and O–H groups in total. The Morgan fingerprint density at radius 1 is 1.31 bits per heavy atom. The molecule has 138 valence electrons. The standard InChI is InChI=1S/C18H21N3O4S/c1-9-14(18(24)25)26-17(20-9)10(2)19-15(22)12-8-11-6-4-3-5-7-13(11)21-16(12)23/h8,10H,3-7H2,1-2H3,(H,19,22)(H,21,23)(H,24,25). The number of aryl methyl sites for hydroxylation is 3. The number of carbonyl (C=O) groups is 2. The second-order valence-electron chi connectivity index (χ2n) is 6.54. The number of hydrogen-bond acceptors (Lipinski definition) is 5. The molecule has 1 aliphatic carbocycles. The van der Waals surface area contributed by atoms with Crippen LogP contribution in [0.4, 0.5) is 0 Å². The Hall–Kier alpha value is -2.48. The zero-order valence-corrected chi connectivity index (χ0v) is 15.5. The molecule has 0 bridgehead atoms. The van der Waals surface area contributed by atoms with Crippen LogP contribution in [0.25, 0.3) is 0 Å². The van der Waals surface area contributed by atoms with E-state index in [1.54, 1.807) is 19.9 Å². The van der Waals surface area contributed by atoms with Crippen LogP contribution in [0.5, 0.6) is 0 Å². The summed E-state index contributed by atoms with van der Waals surface area (Å²) in [5.41, 5.74) is 2.07. The minimum atomic E-state index is -1.04. The molecule has 1 atom stereocenters. The zero-order chi connectivity index (χ0) is 18.8. The van der Waals surface area contributed by atoms with Crippen molar-refractivity contribution in [3.63, 3.8) is 0 Å². The smallest absolute Gasteiger partial charge is 0.347 e. The van der Waals surface area contributed by atoms with Crippen molar-refractivity contribution in [3.8, 4) is 0 Å². The lowest BCUT2D eigenvalue weighted by Gasteiger charge is -2.12. The Labute approximate surface area is 154 Å². The van der Waals surface area contributed by atoms with E-state index in [0.717, 1.165) is 54.7 Å². The third kappa shape index (κ3) is 3.70. The fraction of sp³-hybridized carbons (Fsp3) is 0.444. The Kier molecular flexibility index (Phi) is 5.22. The van der Waals surface area contributed by atoms with E-state index in [1.165, 1.54) is 0 Å². The molecule has 0 fully saturated rings. The summed E-state index contributed by atoms with van der Waals surface area (Å²) in [5.74, 6) is -1.51. The number of fused-ring (bicyclic) bond motifs is 1. The number of carboxylic acids is 1. The predicted molar refractivity (Wildman–Crippen MR) is 98.0 cm³/mol. The van der Waals surface area contributed by atoms with Crippen molar-refractivity contribution in [1.82, 2.24) is 15.3 Å². The van der Waals surface area contributed by atoms with Crippen molar-refractivity contribution >= 4 is 23.2 Å². The second-order valence-corrected chi connectivity index (χ2v) is 7.57. The van der Waals surface area contributed by atoms with E-state index in [2.05, 4.69) is 15.3 Å². The number of nitrogens with one attached hydrogen (secondary N) is 2. The Bertz CT molecular complexity index is 916. The summed E-state index contributed by atoms with van der Waals surface area (Å²) >= 11 is 1.03. The van der Waals surface area contributed by atoms with Crippen molar-refractivity contribution < 1.29 is 14.7 Å². The van der Waals surface area contributed by atoms with Gasteiger partial charge in [0.05, 0.1) is 11.7 Å². The van der Waals surface area contributed by atoms with Crippen LogP contribution < -0.4 is 10.9 Å². The average molecular weight is 375 g/mol. The largest absolute Gasteiger partial charge is 0.477 e. The quantitative estimate of drug-likeness (QED) is 0.711. The van der Waals surface area contributed by atoms with Crippen LogP contribution in [0.15, 0.2) is 10.9 Å². The molecule has 7 nitrogen and oxygen atoms in total. The molecule has 0 spiro atoms. The molecule has 1 aliphatic rings. The summed E-state index contributed by atoms with van der Waals surface area (Å²) in [4.78, 5) is 43.3. The van der Waals surface area contributed by atoms with Crippen LogP contribution in [-0.2, 0) is 12.8 Å². The number of nitrogens with zero attached hydrogens (tertiary/aromatic N) is 1. The highest BCUT2D eigenvalue weighted by Crippen LogP contribution is 2.24. The number of aromatic amines is 1. The van der Waals surface area contributed by atoms with Crippen LogP contribution in [0, 0.1) is 6.92 Å². The zero-order valence-electron chi connectivity index (χ0n) is 14.7. The molecule has 2 aromatic heterocycles. The molecule has 2 aromatic rings. The molecule has 26 heavy (non-hydrogen) atoms. The fourth-order valence-corrected chi connectivity index (χ4v) is 4.07. The molecule has 0 saturated carbocycles. The number of carboxylic acid groups (broad SMARTS) is 1. The van der Waals surface area contributed by atoms with Crippen molar-refractivity contribution in [2.75, 3.05) is 0 Å². The van der Waals surface area contributed by atoms with Gasteiger partial charge in [0.15, 0.2) is 0 Å². The van der Waals surface area contributed by atoms with Crippen LogP contribution >= 0.6 is 11.3 Å². The first-order chi connectivity index (χ1) is 12.4. The Morgan fingerprint density at radius 3 is 2.73 bits per heavy atom. The number of aromatic carboxylic acids is 1. The van der Waals surface area contributed by atoms with E-state index in [0.29, 0.717) is 10.7 Å². The molecule has 1 unspecified atom stereocenters. The number of pyridine rings is 1. The third-order valence-corrected chi connectivity index (χ3v) is 5.89. The van der Waals surface area contributed by atoms with Gasteiger partial charge in [-0.3, -0.25) is 9.59 Å². The molecule has 0 aliphatic heterocycles. The minimum Gasteiger partial charge on any atom is -0.477 e. The molecule has 8 heteroatoms. The SMILES string of the molecule is Cc1nc(C(C)NC(=O)c2cc3c([nH]c2=O)CCCCC3)sc1C(=O)O. The molecule has 0 radical (unpaired) electrons. The number of amides is 1. The van der Waals surface area contributed by atoms with Gasteiger partial charge in [0.2, 0.25) is 0 Å². The first-order valence-electron chi connectivity index (χ1n) is 8.63. The van der Waals surface area contributed by atoms with E-state index in [9.17, 15) is 14.4 Å². The lowest BCUT2D eigenvalue weighted by atomic mass is 10.1. The lowest BCUT2D eigenvalue weighted by molar-refractivity contribution is 0.0701. The molecule has 0 aromatic carbocycles. The van der Waals surface area contributed by atoms with E-state index in [4.69, 9.17) is 5.11 Å². The summed E-state index contributed by atoms with van der Waals surface area (Å²) in [6.07, 6.45) is 4.90. The number of rotatable bonds is 4. The van der Waals surface area contributed by atoms with Crippen molar-refractivity contribution in [3.05, 3.63) is 48.8 Å². The van der Waals surface area contributed by atoms with Gasteiger partial charge in [0.1, 0.15) is 15.4 Å². The van der Waals surface area contributed by atoms with Crippen molar-refractivity contribution in [2.45, 2.75) is 52.0 Å². The highest BCUT2D eigenvalue weighted by molar-refractivity contribution is 7.13. The van der Waals surface area contributed by atoms with Crippen LogP contribution in [0.2, 0.25) is 0 Å². The van der Waals surface area contributed by atoms with Gasteiger partial charge in [0, 0.05) is 5.69 Å². The van der Waals surface area contributed by atoms with Gasteiger partial charge in [-0.05, 0) is 51.2 Å². The number of aromatic nitrogens is 2. The van der Waals surface area contributed by atoms with Crippen LogP contribution in [0.1, 0.15) is 74.2 Å². The van der Waals surface area contributed by atoms with Gasteiger partial charge < -0.3 is 15.4 Å². The molecule has 1 amide bonds. The molecule has 3 rings (SSSR count). The summed E-state index contributed by atoms with van der Waals surface area (Å²) < 4.78 is 0. The topological polar surface area (TPSA) is 112 Å². The molecular weight excluding hydrogens is 354 g/mol. The van der Waals surface area contributed by atoms with Gasteiger partial charge in [-0.2, -0.15) is 0 Å². The maximum atomic E-state index is 12.6. The van der Waals surface area contributed by atoms with Gasteiger partial charge >= 0.3 is 5.97 Å². The molecule has 2 heterocycles. The number of thiazole rings is 1. The Morgan fingerprint density at radius 2 is 2.04 bits per heavy atom. The van der Waals surface area contributed by atoms with Gasteiger partial charge in [-0.25, -0.2) is 9.78 Å². The van der Waals surface area contributed by atoms with E-state index in [-0.39, 0.29) is 10.4 Å². The maximum Gasteiger partial charge on any atom is 0.347 e. The predicted octanol–water partition coefficient (Wildman–Crippen LogP) is 2.60. The molecule has 0 saturated heterocycles. The molecular formula is C18H21N3O4S. The maximum absolute atomic E-state index is 12.6. The van der Waals surface area contributed by atoms with Gasteiger partial charge in [0.25, 0.3) is 11.5 Å². The Balaban J connectivity index is 1.81. The normalized spacial score (nSPS) is 15.0. The van der Waals surface area contributed by atoms with E-state index < -0.39 is 23.5 Å². The van der Waals surface area contributed by atoms with Crippen molar-refractivity contribution in [1.29, 1.82) is 0 Å². The monoisotopic (exact) mass is 375 g/mol. The third-order valence-electron chi connectivity index (χ3n) is 4.56. The van der Waals surface area contributed by atoms with Crippen LogP contribution in [0.3, 0.4) is 0 Å². The highest BCUT2D eigenvalue weighted by Gasteiger charge is 2.22. The summed E-state index contributed by atoms with van der Waals surface area (Å²) in [5, 5.41) is 12.4.